The smallest absolute Gasteiger partial charge is 0.179 e. The van der Waals surface area contributed by atoms with Crippen LogP contribution in [0.1, 0.15) is 0 Å². The number of rotatable bonds is 11. The number of ether oxygens (including phenoxy) is 1. The van der Waals surface area contributed by atoms with Crippen LogP contribution in [0.3, 0.4) is 0 Å². The Bertz CT molecular complexity index is 2540. The topological polar surface area (TPSA) is 12.5 Å². The fraction of sp³-hybridized carbons (Fsp3) is 0. The van der Waals surface area contributed by atoms with Crippen molar-refractivity contribution in [1.82, 2.24) is 0 Å². The first-order chi connectivity index (χ1) is 28.3. The van der Waals surface area contributed by atoms with Crippen molar-refractivity contribution in [2.75, 3.05) is 4.90 Å². The van der Waals surface area contributed by atoms with Crippen LogP contribution in [-0.4, -0.2) is 8.07 Å². The fourth-order valence-corrected chi connectivity index (χ4v) is 12.7. The lowest BCUT2D eigenvalue weighted by Gasteiger charge is -2.34. The summed E-state index contributed by atoms with van der Waals surface area (Å²) in [5.74, 6) is 1.61. The molecule has 0 saturated heterocycles. The predicted octanol–water partition coefficient (Wildman–Crippen LogP) is 11.7. The van der Waals surface area contributed by atoms with E-state index in [0.29, 0.717) is 0 Å². The van der Waals surface area contributed by atoms with Gasteiger partial charge in [0.05, 0.1) is 0 Å². The molecule has 0 aliphatic rings. The highest BCUT2D eigenvalue weighted by molar-refractivity contribution is 7.19. The minimum absolute atomic E-state index is 0.794. The molecule has 9 aromatic carbocycles. The van der Waals surface area contributed by atoms with Gasteiger partial charge in [-0.05, 0) is 104 Å². The predicted molar refractivity (Wildman–Crippen MR) is 242 cm³/mol. The van der Waals surface area contributed by atoms with E-state index in [1.165, 1.54) is 43.0 Å². The highest BCUT2D eigenvalue weighted by atomic mass is 28.3. The molecular weight excluding hydrogens is 707 g/mol. The van der Waals surface area contributed by atoms with Gasteiger partial charge in [0.25, 0.3) is 0 Å². The minimum Gasteiger partial charge on any atom is -0.457 e. The number of benzene rings is 9. The standard InChI is InChI=1S/C54H41NOSi/c1-6-16-42(17-7-1)43-26-32-46(33-27-43)55(48-36-38-50(39-37-48)56-49-18-8-2-9-19-49)47-34-28-44(29-35-47)45-30-40-54(41-31-45)57(51-20-10-3-11-21-51,52-22-12-4-13-23-52)53-24-14-5-15-25-53/h1-41H. The van der Waals surface area contributed by atoms with Gasteiger partial charge in [0.15, 0.2) is 8.07 Å². The van der Waals surface area contributed by atoms with Crippen molar-refractivity contribution in [3.05, 3.63) is 249 Å². The Hall–Kier alpha value is -7.20. The van der Waals surface area contributed by atoms with Crippen molar-refractivity contribution < 1.29 is 4.74 Å². The molecule has 3 heteroatoms. The molecule has 9 rings (SSSR count). The molecular formula is C54H41NOSi. The van der Waals surface area contributed by atoms with Crippen LogP contribution in [0.5, 0.6) is 11.5 Å². The monoisotopic (exact) mass is 747 g/mol. The Balaban J connectivity index is 1.07. The molecule has 0 fully saturated rings. The first kappa shape index (κ1) is 35.5. The van der Waals surface area contributed by atoms with E-state index in [9.17, 15) is 0 Å². The lowest BCUT2D eigenvalue weighted by Crippen LogP contribution is -2.74. The second-order valence-corrected chi connectivity index (χ2v) is 17.9. The summed E-state index contributed by atoms with van der Waals surface area (Å²) in [6.07, 6.45) is 0. The quantitative estimate of drug-likeness (QED) is 0.0965. The molecule has 2 nitrogen and oxygen atoms in total. The van der Waals surface area contributed by atoms with Gasteiger partial charge in [0, 0.05) is 17.1 Å². The summed E-state index contributed by atoms with van der Waals surface area (Å²) in [5, 5.41) is 5.47. The second kappa shape index (κ2) is 16.3. The Labute approximate surface area is 336 Å². The van der Waals surface area contributed by atoms with Crippen LogP contribution in [0, 0.1) is 0 Å². The van der Waals surface area contributed by atoms with Gasteiger partial charge in [-0.1, -0.05) is 188 Å². The number of hydrogen-bond acceptors (Lipinski definition) is 2. The van der Waals surface area contributed by atoms with E-state index < -0.39 is 8.07 Å². The van der Waals surface area contributed by atoms with Crippen molar-refractivity contribution in [1.29, 1.82) is 0 Å². The summed E-state index contributed by atoms with van der Waals surface area (Å²) in [5.41, 5.74) is 7.93. The number of anilines is 3. The number of hydrogen-bond donors (Lipinski definition) is 0. The molecule has 0 bridgehead atoms. The van der Waals surface area contributed by atoms with Gasteiger partial charge in [-0.2, -0.15) is 0 Å². The average Bonchev–Trinajstić information content (AvgIpc) is 3.30. The summed E-state index contributed by atoms with van der Waals surface area (Å²) in [4.78, 5) is 2.30. The molecule has 0 N–H and O–H groups in total. The zero-order chi connectivity index (χ0) is 38.3. The van der Waals surface area contributed by atoms with Crippen molar-refractivity contribution in [2.24, 2.45) is 0 Å². The SMILES string of the molecule is c1ccc(Oc2ccc(N(c3ccc(-c4ccccc4)cc3)c3ccc(-c4ccc([Si](c5ccccc5)(c5ccccc5)c5ccccc5)cc4)cc3)cc2)cc1. The first-order valence-corrected chi connectivity index (χ1v) is 21.4. The summed E-state index contributed by atoms with van der Waals surface area (Å²) >= 11 is 0. The molecule has 0 spiro atoms. The van der Waals surface area contributed by atoms with Gasteiger partial charge < -0.3 is 9.64 Å². The first-order valence-electron chi connectivity index (χ1n) is 19.4. The molecule has 0 amide bonds. The van der Waals surface area contributed by atoms with Crippen LogP contribution in [0.15, 0.2) is 249 Å². The average molecular weight is 748 g/mol. The molecule has 0 saturated carbocycles. The third-order valence-corrected chi connectivity index (χ3v) is 15.5. The van der Waals surface area contributed by atoms with Crippen LogP contribution >= 0.6 is 0 Å². The van der Waals surface area contributed by atoms with E-state index in [2.05, 4.69) is 211 Å². The molecule has 0 aliphatic carbocycles. The summed E-state index contributed by atoms with van der Waals surface area (Å²) in [6, 6.07) is 89.0. The van der Waals surface area contributed by atoms with Gasteiger partial charge in [0.2, 0.25) is 0 Å². The molecule has 0 aromatic heterocycles. The lowest BCUT2D eigenvalue weighted by molar-refractivity contribution is 0.483. The maximum atomic E-state index is 6.14. The van der Waals surface area contributed by atoms with Gasteiger partial charge in [-0.3, -0.25) is 0 Å². The van der Waals surface area contributed by atoms with E-state index in [-0.39, 0.29) is 0 Å². The molecule has 0 heterocycles. The number of para-hydroxylation sites is 1. The van der Waals surface area contributed by atoms with Crippen molar-refractivity contribution in [3.8, 4) is 33.8 Å². The maximum absolute atomic E-state index is 6.14. The zero-order valence-electron chi connectivity index (χ0n) is 31.5. The van der Waals surface area contributed by atoms with Crippen molar-refractivity contribution >= 4 is 45.9 Å². The highest BCUT2D eigenvalue weighted by Crippen LogP contribution is 2.38. The maximum Gasteiger partial charge on any atom is 0.179 e. The summed E-state index contributed by atoms with van der Waals surface area (Å²) < 4.78 is 6.14. The van der Waals surface area contributed by atoms with Crippen LogP contribution < -0.4 is 30.4 Å². The Morgan fingerprint density at radius 2 is 0.526 bits per heavy atom. The van der Waals surface area contributed by atoms with Crippen molar-refractivity contribution in [2.45, 2.75) is 0 Å². The van der Waals surface area contributed by atoms with E-state index in [0.717, 1.165) is 28.6 Å². The molecule has 9 aromatic rings. The van der Waals surface area contributed by atoms with Crippen LogP contribution in [0.2, 0.25) is 0 Å². The van der Waals surface area contributed by atoms with Crippen molar-refractivity contribution in [3.63, 3.8) is 0 Å². The van der Waals surface area contributed by atoms with Gasteiger partial charge in [-0.15, -0.1) is 0 Å². The van der Waals surface area contributed by atoms with Crippen LogP contribution in [0.4, 0.5) is 17.1 Å². The Morgan fingerprint density at radius 1 is 0.246 bits per heavy atom. The zero-order valence-corrected chi connectivity index (χ0v) is 32.5. The molecule has 272 valence electrons. The lowest BCUT2D eigenvalue weighted by atomic mass is 10.0. The molecule has 0 atom stereocenters. The van der Waals surface area contributed by atoms with Gasteiger partial charge >= 0.3 is 0 Å². The molecule has 0 aliphatic heterocycles. The molecule has 0 unspecified atom stereocenters. The van der Waals surface area contributed by atoms with E-state index in [1.54, 1.807) is 0 Å². The largest absolute Gasteiger partial charge is 0.457 e. The Morgan fingerprint density at radius 3 is 0.930 bits per heavy atom. The molecule has 57 heavy (non-hydrogen) atoms. The Kier molecular flexibility index (Phi) is 10.1. The third kappa shape index (κ3) is 7.32. The summed E-state index contributed by atoms with van der Waals surface area (Å²) in [6.45, 7) is 0. The van der Waals surface area contributed by atoms with Gasteiger partial charge in [0.1, 0.15) is 11.5 Å². The van der Waals surface area contributed by atoms with Gasteiger partial charge in [-0.25, -0.2) is 0 Å². The second-order valence-electron chi connectivity index (χ2n) is 14.1. The van der Waals surface area contributed by atoms with E-state index >= 15 is 0 Å². The third-order valence-electron chi connectivity index (χ3n) is 10.7. The van der Waals surface area contributed by atoms with Crippen LogP contribution in [-0.2, 0) is 0 Å². The fourth-order valence-electron chi connectivity index (χ4n) is 7.95. The normalized spacial score (nSPS) is 11.2. The summed E-state index contributed by atoms with van der Waals surface area (Å²) in [7, 11) is -2.59. The molecule has 0 radical (unpaired) electrons. The highest BCUT2D eigenvalue weighted by Gasteiger charge is 2.41. The van der Waals surface area contributed by atoms with Crippen LogP contribution in [0.25, 0.3) is 22.3 Å². The van der Waals surface area contributed by atoms with E-state index in [1.807, 2.05) is 42.5 Å². The minimum atomic E-state index is -2.59. The van der Waals surface area contributed by atoms with E-state index in [4.69, 9.17) is 4.74 Å². The number of nitrogens with zero attached hydrogens (tertiary/aromatic N) is 1.